The third-order valence-electron chi connectivity index (χ3n) is 5.06. The van der Waals surface area contributed by atoms with E-state index in [1.165, 1.54) is 37.3 Å². The number of pyridine rings is 1. The first kappa shape index (κ1) is 21.8. The maximum Gasteiger partial charge on any atom is 0.339 e. The summed E-state index contributed by atoms with van der Waals surface area (Å²) in [4.78, 5) is 29.0. The molecular formula is C23H25N3O3S. The van der Waals surface area contributed by atoms with Gasteiger partial charge in [-0.2, -0.15) is 5.26 Å². The molecule has 1 amide bonds. The Bertz CT molecular complexity index is 969. The van der Waals surface area contributed by atoms with Crippen LogP contribution in [0.5, 0.6) is 0 Å². The number of esters is 1. The maximum atomic E-state index is 12.4. The number of carbonyl (C=O) groups is 2. The van der Waals surface area contributed by atoms with E-state index in [1.807, 2.05) is 6.07 Å². The number of rotatable bonds is 6. The quantitative estimate of drug-likeness (QED) is 0.542. The SMILES string of the molecule is COC(=O)c1ccccc1NC(=O)CCSc1nc2c(cc1C#N)CCCCCC2. The molecule has 1 N–H and O–H groups in total. The molecule has 0 saturated heterocycles. The first-order valence-corrected chi connectivity index (χ1v) is 11.1. The molecule has 0 bridgehead atoms. The van der Waals surface area contributed by atoms with E-state index < -0.39 is 5.97 Å². The average molecular weight is 424 g/mol. The fraction of sp³-hybridized carbons (Fsp3) is 0.391. The standard InChI is InChI=1S/C23H25N3O3S/c1-29-23(28)18-9-6-7-11-20(18)25-21(27)12-13-30-22-17(15-24)14-16-8-4-2-3-5-10-19(16)26-22/h6-7,9,11,14H,2-5,8,10,12-13H2,1H3,(H,25,27). The minimum absolute atomic E-state index is 0.205. The van der Waals surface area contributed by atoms with E-state index in [-0.39, 0.29) is 12.3 Å². The summed E-state index contributed by atoms with van der Waals surface area (Å²) in [5.41, 5.74) is 3.60. The minimum atomic E-state index is -0.496. The Kier molecular flexibility index (Phi) is 7.86. The van der Waals surface area contributed by atoms with Gasteiger partial charge in [-0.05, 0) is 49.4 Å². The highest BCUT2D eigenvalue weighted by Gasteiger charge is 2.16. The number of methoxy groups -OCH3 is 1. The van der Waals surface area contributed by atoms with Crippen molar-refractivity contribution in [2.45, 2.75) is 50.0 Å². The zero-order chi connectivity index (χ0) is 21.3. The van der Waals surface area contributed by atoms with Gasteiger partial charge < -0.3 is 10.1 Å². The van der Waals surface area contributed by atoms with Gasteiger partial charge in [-0.15, -0.1) is 11.8 Å². The number of fused-ring (bicyclic) bond motifs is 1. The Hall–Kier alpha value is -2.85. The van der Waals surface area contributed by atoms with Gasteiger partial charge in [-0.25, -0.2) is 9.78 Å². The van der Waals surface area contributed by atoms with E-state index in [9.17, 15) is 14.9 Å². The second-order valence-corrected chi connectivity index (χ2v) is 8.24. The Balaban J connectivity index is 1.62. The van der Waals surface area contributed by atoms with Gasteiger partial charge in [0.05, 0.1) is 23.9 Å². The van der Waals surface area contributed by atoms with Crippen LogP contribution < -0.4 is 5.32 Å². The van der Waals surface area contributed by atoms with Crippen molar-refractivity contribution >= 4 is 29.3 Å². The monoisotopic (exact) mass is 423 g/mol. The van der Waals surface area contributed by atoms with Crippen molar-refractivity contribution in [3.8, 4) is 6.07 Å². The summed E-state index contributed by atoms with van der Waals surface area (Å²) in [6.45, 7) is 0. The molecule has 1 aromatic heterocycles. The van der Waals surface area contributed by atoms with Gasteiger partial charge in [0.2, 0.25) is 5.91 Å². The number of para-hydroxylation sites is 1. The fourth-order valence-corrected chi connectivity index (χ4v) is 4.41. The van der Waals surface area contributed by atoms with Crippen LogP contribution in [0.25, 0.3) is 0 Å². The van der Waals surface area contributed by atoms with E-state index >= 15 is 0 Å². The first-order chi connectivity index (χ1) is 14.6. The van der Waals surface area contributed by atoms with Crippen molar-refractivity contribution in [2.24, 2.45) is 0 Å². The van der Waals surface area contributed by atoms with Crippen LogP contribution in [0.3, 0.4) is 0 Å². The minimum Gasteiger partial charge on any atom is -0.465 e. The molecule has 7 heteroatoms. The van der Waals surface area contributed by atoms with Gasteiger partial charge in [0.1, 0.15) is 11.1 Å². The lowest BCUT2D eigenvalue weighted by molar-refractivity contribution is -0.115. The Labute approximate surface area is 181 Å². The molecule has 0 fully saturated rings. The number of aryl methyl sites for hydroxylation is 2. The summed E-state index contributed by atoms with van der Waals surface area (Å²) >= 11 is 1.42. The van der Waals surface area contributed by atoms with E-state index in [0.717, 1.165) is 31.4 Å². The molecule has 156 valence electrons. The lowest BCUT2D eigenvalue weighted by Crippen LogP contribution is -2.15. The third kappa shape index (κ3) is 5.61. The van der Waals surface area contributed by atoms with Gasteiger partial charge >= 0.3 is 5.97 Å². The van der Waals surface area contributed by atoms with Crippen LogP contribution in [0.1, 0.15) is 59.3 Å². The van der Waals surface area contributed by atoms with Gasteiger partial charge in [-0.1, -0.05) is 25.0 Å². The molecule has 1 aliphatic carbocycles. The van der Waals surface area contributed by atoms with Crippen LogP contribution in [0.4, 0.5) is 5.69 Å². The van der Waals surface area contributed by atoms with Crippen LogP contribution >= 0.6 is 11.8 Å². The van der Waals surface area contributed by atoms with Gasteiger partial charge in [0.25, 0.3) is 0 Å². The number of amides is 1. The molecule has 0 radical (unpaired) electrons. The molecule has 0 atom stereocenters. The van der Waals surface area contributed by atoms with Crippen molar-refractivity contribution in [2.75, 3.05) is 18.2 Å². The summed E-state index contributed by atoms with van der Waals surface area (Å²) in [6, 6.07) is 11.0. The highest BCUT2D eigenvalue weighted by molar-refractivity contribution is 7.99. The van der Waals surface area contributed by atoms with Crippen LogP contribution in [-0.2, 0) is 22.4 Å². The highest BCUT2D eigenvalue weighted by Crippen LogP contribution is 2.27. The number of thioether (sulfide) groups is 1. The van der Waals surface area contributed by atoms with E-state index in [4.69, 9.17) is 9.72 Å². The van der Waals surface area contributed by atoms with Gasteiger partial charge in [-0.3, -0.25) is 4.79 Å². The predicted octanol–water partition coefficient (Wildman–Crippen LogP) is 4.52. The number of carbonyl (C=O) groups excluding carboxylic acids is 2. The van der Waals surface area contributed by atoms with Crippen molar-refractivity contribution in [3.05, 3.63) is 52.7 Å². The van der Waals surface area contributed by atoms with Crippen molar-refractivity contribution < 1.29 is 14.3 Å². The first-order valence-electron chi connectivity index (χ1n) is 10.1. The summed E-state index contributed by atoms with van der Waals surface area (Å²) in [6.07, 6.45) is 6.87. The zero-order valence-corrected chi connectivity index (χ0v) is 17.9. The largest absolute Gasteiger partial charge is 0.465 e. The normalized spacial score (nSPS) is 13.3. The zero-order valence-electron chi connectivity index (χ0n) is 17.1. The van der Waals surface area contributed by atoms with E-state index in [1.54, 1.807) is 24.3 Å². The Morgan fingerprint density at radius 1 is 1.20 bits per heavy atom. The summed E-state index contributed by atoms with van der Waals surface area (Å²) < 4.78 is 4.75. The number of nitrogens with zero attached hydrogens (tertiary/aromatic N) is 2. The smallest absolute Gasteiger partial charge is 0.339 e. The molecule has 30 heavy (non-hydrogen) atoms. The second kappa shape index (κ2) is 10.8. The van der Waals surface area contributed by atoms with Crippen LogP contribution in [0.2, 0.25) is 0 Å². The van der Waals surface area contributed by atoms with Crippen LogP contribution in [-0.4, -0.2) is 29.7 Å². The summed E-state index contributed by atoms with van der Waals surface area (Å²) in [5.74, 6) is -0.209. The number of benzene rings is 1. The molecular weight excluding hydrogens is 398 g/mol. The highest BCUT2D eigenvalue weighted by atomic mass is 32.2. The summed E-state index contributed by atoms with van der Waals surface area (Å²) in [5, 5.41) is 13.0. The fourth-order valence-electron chi connectivity index (χ4n) is 3.49. The Morgan fingerprint density at radius 2 is 1.97 bits per heavy atom. The number of hydrogen-bond acceptors (Lipinski definition) is 6. The lowest BCUT2D eigenvalue weighted by atomic mass is 9.96. The lowest BCUT2D eigenvalue weighted by Gasteiger charge is -2.15. The number of anilines is 1. The average Bonchev–Trinajstić information content (AvgIpc) is 2.74. The maximum absolute atomic E-state index is 12.4. The molecule has 1 heterocycles. The molecule has 0 saturated carbocycles. The summed E-state index contributed by atoms with van der Waals surface area (Å²) in [7, 11) is 1.31. The molecule has 3 rings (SSSR count). The number of nitriles is 1. The molecule has 2 aromatic rings. The van der Waals surface area contributed by atoms with Crippen molar-refractivity contribution in [1.82, 2.24) is 4.98 Å². The van der Waals surface area contributed by atoms with Crippen molar-refractivity contribution in [1.29, 1.82) is 5.26 Å². The van der Waals surface area contributed by atoms with Crippen LogP contribution in [0.15, 0.2) is 35.4 Å². The Morgan fingerprint density at radius 3 is 2.73 bits per heavy atom. The molecule has 1 aliphatic rings. The molecule has 0 aliphatic heterocycles. The molecule has 0 unspecified atom stereocenters. The second-order valence-electron chi connectivity index (χ2n) is 7.16. The van der Waals surface area contributed by atoms with E-state index in [0.29, 0.717) is 27.6 Å². The molecule has 6 nitrogen and oxygen atoms in total. The molecule has 1 aromatic carbocycles. The predicted molar refractivity (Wildman–Crippen MR) is 117 cm³/mol. The van der Waals surface area contributed by atoms with Gasteiger partial charge in [0, 0.05) is 17.9 Å². The topological polar surface area (TPSA) is 92.1 Å². The number of hydrogen-bond donors (Lipinski definition) is 1. The van der Waals surface area contributed by atoms with Crippen molar-refractivity contribution in [3.63, 3.8) is 0 Å². The number of ether oxygens (including phenoxy) is 1. The van der Waals surface area contributed by atoms with Crippen LogP contribution in [0, 0.1) is 11.3 Å². The number of aromatic nitrogens is 1. The number of nitrogens with one attached hydrogen (secondary N) is 1. The molecule has 0 spiro atoms. The van der Waals surface area contributed by atoms with E-state index in [2.05, 4.69) is 11.4 Å². The third-order valence-corrected chi connectivity index (χ3v) is 6.05. The van der Waals surface area contributed by atoms with Gasteiger partial charge in [0.15, 0.2) is 0 Å².